The van der Waals surface area contributed by atoms with Gasteiger partial charge < -0.3 is 15.3 Å². The van der Waals surface area contributed by atoms with Gasteiger partial charge in [0.05, 0.1) is 0 Å². The maximum atomic E-state index is 10.9. The Labute approximate surface area is 64.7 Å². The molecule has 0 aliphatic carbocycles. The largest absolute Gasteiger partial charge is 0.367 e. The van der Waals surface area contributed by atoms with Crippen molar-refractivity contribution >= 4 is 12.2 Å². The van der Waals surface area contributed by atoms with Crippen LogP contribution in [0.2, 0.25) is 0 Å². The van der Waals surface area contributed by atoms with E-state index >= 15 is 0 Å². The molecule has 4 nitrogen and oxygen atoms in total. The molecule has 4 heteroatoms. The molecule has 1 fully saturated rings. The van der Waals surface area contributed by atoms with Gasteiger partial charge in [-0.15, -0.1) is 0 Å². The van der Waals surface area contributed by atoms with Crippen LogP contribution in [0.1, 0.15) is 19.3 Å². The quantitative estimate of drug-likeness (QED) is 0.567. The Balaban J connectivity index is 2.69. The van der Waals surface area contributed by atoms with Crippen LogP contribution in [0.4, 0.5) is 0 Å². The van der Waals surface area contributed by atoms with E-state index in [0.29, 0.717) is 19.3 Å². The summed E-state index contributed by atoms with van der Waals surface area (Å²) in [5, 5.41) is 0. The zero-order valence-electron chi connectivity index (χ0n) is 6.21. The number of hydrogen-bond acceptors (Lipinski definition) is 3. The first-order valence-electron chi connectivity index (χ1n) is 3.59. The van der Waals surface area contributed by atoms with Gasteiger partial charge in [0.25, 0.3) is 0 Å². The standard InChI is InChI=1S/C7H11NO3/c8-6(10)7(3-4-9)2-1-5-11-7/h4H,1-3,5H2,(H2,8,10). The molecule has 1 aliphatic rings. The molecule has 0 spiro atoms. The van der Waals surface area contributed by atoms with Crippen LogP contribution in [0.15, 0.2) is 0 Å². The normalized spacial score (nSPS) is 30.2. The van der Waals surface area contributed by atoms with Crippen molar-refractivity contribution in [2.45, 2.75) is 24.9 Å². The van der Waals surface area contributed by atoms with Crippen molar-refractivity contribution in [2.24, 2.45) is 5.73 Å². The van der Waals surface area contributed by atoms with E-state index in [1.54, 1.807) is 0 Å². The van der Waals surface area contributed by atoms with Crippen molar-refractivity contribution in [1.82, 2.24) is 0 Å². The summed E-state index contributed by atoms with van der Waals surface area (Å²) in [4.78, 5) is 21.0. The second kappa shape index (κ2) is 3.00. The topological polar surface area (TPSA) is 69.4 Å². The van der Waals surface area contributed by atoms with Gasteiger partial charge in [-0.1, -0.05) is 0 Å². The summed E-state index contributed by atoms with van der Waals surface area (Å²) in [6.45, 7) is 0.525. The van der Waals surface area contributed by atoms with Crippen LogP contribution >= 0.6 is 0 Å². The van der Waals surface area contributed by atoms with E-state index in [-0.39, 0.29) is 6.42 Å². The van der Waals surface area contributed by atoms with Crippen molar-refractivity contribution in [1.29, 1.82) is 0 Å². The van der Waals surface area contributed by atoms with E-state index < -0.39 is 11.5 Å². The molecule has 0 aromatic carbocycles. The number of ether oxygens (including phenoxy) is 1. The van der Waals surface area contributed by atoms with Crippen molar-refractivity contribution in [2.75, 3.05) is 6.61 Å². The lowest BCUT2D eigenvalue weighted by Crippen LogP contribution is -2.43. The molecule has 1 unspecified atom stereocenters. The van der Waals surface area contributed by atoms with E-state index in [0.717, 1.165) is 6.42 Å². The Morgan fingerprint density at radius 1 is 1.73 bits per heavy atom. The highest BCUT2D eigenvalue weighted by Crippen LogP contribution is 2.27. The van der Waals surface area contributed by atoms with Gasteiger partial charge in [-0.05, 0) is 12.8 Å². The predicted octanol–water partition coefficient (Wildman–Crippen LogP) is -0.390. The van der Waals surface area contributed by atoms with Crippen molar-refractivity contribution in [3.8, 4) is 0 Å². The maximum absolute atomic E-state index is 10.9. The minimum absolute atomic E-state index is 0.0856. The molecule has 62 valence electrons. The molecule has 0 aromatic heterocycles. The van der Waals surface area contributed by atoms with Crippen LogP contribution in [0.25, 0.3) is 0 Å². The third-order valence-electron chi connectivity index (χ3n) is 1.97. The lowest BCUT2D eigenvalue weighted by Gasteiger charge is -2.21. The molecule has 0 saturated carbocycles. The molecular formula is C7H11NO3. The molecule has 2 N–H and O–H groups in total. The monoisotopic (exact) mass is 157 g/mol. The molecule has 0 bridgehead atoms. The molecule has 0 radical (unpaired) electrons. The van der Waals surface area contributed by atoms with Gasteiger partial charge in [-0.3, -0.25) is 4.79 Å². The number of amides is 1. The van der Waals surface area contributed by atoms with E-state index in [9.17, 15) is 9.59 Å². The van der Waals surface area contributed by atoms with Crippen LogP contribution in [0.5, 0.6) is 0 Å². The predicted molar refractivity (Wildman–Crippen MR) is 37.8 cm³/mol. The first kappa shape index (κ1) is 8.20. The van der Waals surface area contributed by atoms with Gasteiger partial charge in [0.15, 0.2) is 5.60 Å². The summed E-state index contributed by atoms with van der Waals surface area (Å²) in [7, 11) is 0. The molecule has 1 aliphatic heterocycles. The number of carbonyl (C=O) groups excluding carboxylic acids is 2. The van der Waals surface area contributed by atoms with Crippen molar-refractivity contribution in [3.63, 3.8) is 0 Å². The summed E-state index contributed by atoms with van der Waals surface area (Å²) in [5.74, 6) is -0.526. The van der Waals surface area contributed by atoms with Gasteiger partial charge in [0, 0.05) is 13.0 Å². The molecule has 0 aromatic rings. The van der Waals surface area contributed by atoms with E-state index in [1.165, 1.54) is 0 Å². The van der Waals surface area contributed by atoms with Crippen molar-refractivity contribution in [3.05, 3.63) is 0 Å². The van der Waals surface area contributed by atoms with Crippen LogP contribution in [-0.2, 0) is 14.3 Å². The van der Waals surface area contributed by atoms with Crippen LogP contribution in [0, 0.1) is 0 Å². The summed E-state index contributed by atoms with van der Waals surface area (Å²) in [6, 6.07) is 0. The average Bonchev–Trinajstić information content (AvgIpc) is 2.38. The SMILES string of the molecule is NC(=O)C1(CC=O)CCCO1. The Kier molecular flexibility index (Phi) is 2.24. The molecule has 1 atom stereocenters. The first-order valence-corrected chi connectivity index (χ1v) is 3.59. The number of aldehydes is 1. The number of hydrogen-bond donors (Lipinski definition) is 1. The Hall–Kier alpha value is -0.900. The highest BCUT2D eigenvalue weighted by molar-refractivity contribution is 5.86. The van der Waals surface area contributed by atoms with Crippen LogP contribution < -0.4 is 5.73 Å². The molecular weight excluding hydrogens is 146 g/mol. The first-order chi connectivity index (χ1) is 5.21. The Bertz CT molecular complexity index is 173. The smallest absolute Gasteiger partial charge is 0.250 e. The summed E-state index contributed by atoms with van der Waals surface area (Å²) in [5.41, 5.74) is 4.11. The Morgan fingerprint density at radius 2 is 2.45 bits per heavy atom. The van der Waals surface area contributed by atoms with Crippen LogP contribution in [0.3, 0.4) is 0 Å². The van der Waals surface area contributed by atoms with Gasteiger partial charge in [-0.25, -0.2) is 0 Å². The second-order valence-electron chi connectivity index (χ2n) is 2.68. The second-order valence-corrected chi connectivity index (χ2v) is 2.68. The summed E-state index contributed by atoms with van der Waals surface area (Å²) < 4.78 is 5.14. The zero-order chi connectivity index (χ0) is 8.32. The molecule has 1 heterocycles. The van der Waals surface area contributed by atoms with E-state index in [1.807, 2.05) is 0 Å². The fourth-order valence-corrected chi connectivity index (χ4v) is 1.29. The number of primary amides is 1. The maximum Gasteiger partial charge on any atom is 0.250 e. The molecule has 11 heavy (non-hydrogen) atoms. The molecule has 1 saturated heterocycles. The van der Waals surface area contributed by atoms with Gasteiger partial charge >= 0.3 is 0 Å². The lowest BCUT2D eigenvalue weighted by atomic mass is 9.96. The fraction of sp³-hybridized carbons (Fsp3) is 0.714. The van der Waals surface area contributed by atoms with Gasteiger partial charge in [0.1, 0.15) is 6.29 Å². The minimum Gasteiger partial charge on any atom is -0.367 e. The summed E-state index contributed by atoms with van der Waals surface area (Å²) in [6.07, 6.45) is 2.14. The Morgan fingerprint density at radius 3 is 2.82 bits per heavy atom. The molecule has 1 amide bonds. The number of carbonyl (C=O) groups is 2. The van der Waals surface area contributed by atoms with Gasteiger partial charge in [-0.2, -0.15) is 0 Å². The van der Waals surface area contributed by atoms with E-state index in [4.69, 9.17) is 10.5 Å². The number of nitrogens with two attached hydrogens (primary N) is 1. The molecule has 1 rings (SSSR count). The zero-order valence-corrected chi connectivity index (χ0v) is 6.21. The van der Waals surface area contributed by atoms with Crippen molar-refractivity contribution < 1.29 is 14.3 Å². The van der Waals surface area contributed by atoms with E-state index in [2.05, 4.69) is 0 Å². The minimum atomic E-state index is -0.984. The average molecular weight is 157 g/mol. The lowest BCUT2D eigenvalue weighted by molar-refractivity contribution is -0.140. The van der Waals surface area contributed by atoms with Gasteiger partial charge in [0.2, 0.25) is 5.91 Å². The number of rotatable bonds is 3. The third kappa shape index (κ3) is 1.40. The summed E-state index contributed by atoms with van der Waals surface area (Å²) >= 11 is 0. The highest BCUT2D eigenvalue weighted by Gasteiger charge is 2.40. The highest BCUT2D eigenvalue weighted by atomic mass is 16.5. The van der Waals surface area contributed by atoms with Crippen LogP contribution in [-0.4, -0.2) is 24.4 Å². The fourth-order valence-electron chi connectivity index (χ4n) is 1.29. The third-order valence-corrected chi connectivity index (χ3v) is 1.97.